The number of aldehydes is 1. The van der Waals surface area contributed by atoms with E-state index in [9.17, 15) is 4.79 Å². The van der Waals surface area contributed by atoms with E-state index in [1.165, 1.54) is 11.6 Å². The Morgan fingerprint density at radius 2 is 2.26 bits per heavy atom. The van der Waals surface area contributed by atoms with Gasteiger partial charge in [-0.05, 0) is 32.3 Å². The summed E-state index contributed by atoms with van der Waals surface area (Å²) >= 11 is 6.13. The van der Waals surface area contributed by atoms with Crippen LogP contribution in [0, 0.1) is 24.5 Å². The summed E-state index contributed by atoms with van der Waals surface area (Å²) in [7, 11) is 0. The van der Waals surface area contributed by atoms with E-state index >= 15 is 0 Å². The van der Waals surface area contributed by atoms with Gasteiger partial charge in [0.05, 0.1) is 24.5 Å². The van der Waals surface area contributed by atoms with Crippen molar-refractivity contribution in [2.75, 3.05) is 13.1 Å². The van der Waals surface area contributed by atoms with Gasteiger partial charge in [0.25, 0.3) is 0 Å². The molecule has 0 aromatic carbocycles. The van der Waals surface area contributed by atoms with E-state index in [0.29, 0.717) is 6.54 Å². The zero-order chi connectivity index (χ0) is 16.7. The third-order valence-electron chi connectivity index (χ3n) is 3.91. The number of hydrogen-bond donors (Lipinski definition) is 1. The zero-order valence-electron chi connectivity index (χ0n) is 13.8. The molecule has 124 valence electrons. The van der Waals surface area contributed by atoms with Crippen molar-refractivity contribution in [2.24, 2.45) is 4.99 Å². The molecule has 0 aromatic heterocycles. The average molecular weight is 334 g/mol. The normalized spacial score (nSPS) is 21.2. The molecule has 0 spiro atoms. The van der Waals surface area contributed by atoms with Crippen LogP contribution in [0.25, 0.3) is 0 Å². The van der Waals surface area contributed by atoms with E-state index in [2.05, 4.69) is 35.5 Å². The lowest BCUT2D eigenvalue weighted by molar-refractivity contribution is -0.108. The molecule has 0 saturated carbocycles. The predicted octanol–water partition coefficient (Wildman–Crippen LogP) is 3.23. The van der Waals surface area contributed by atoms with Gasteiger partial charge in [-0.3, -0.25) is 15.2 Å². The van der Waals surface area contributed by atoms with Crippen molar-refractivity contribution in [3.8, 4) is 0 Å². The van der Waals surface area contributed by atoms with Gasteiger partial charge in [-0.1, -0.05) is 18.2 Å². The van der Waals surface area contributed by atoms with Crippen molar-refractivity contribution in [1.29, 1.82) is 0 Å². The molecule has 1 N–H and O–H groups in total. The minimum Gasteiger partial charge on any atom is -0.302 e. The van der Waals surface area contributed by atoms with Crippen molar-refractivity contribution in [1.82, 2.24) is 10.2 Å². The van der Waals surface area contributed by atoms with E-state index in [-0.39, 0.29) is 6.04 Å². The Labute approximate surface area is 144 Å². The average Bonchev–Trinajstić information content (AvgIpc) is 2.54. The van der Waals surface area contributed by atoms with Crippen LogP contribution in [0.2, 0.25) is 0 Å². The van der Waals surface area contributed by atoms with Gasteiger partial charge in [0.15, 0.2) is 0 Å². The summed E-state index contributed by atoms with van der Waals surface area (Å²) in [6, 6.07) is 1.43. The minimum absolute atomic E-state index is 0.218. The maximum atomic E-state index is 10.6. The van der Waals surface area contributed by atoms with Gasteiger partial charge in [0, 0.05) is 31.3 Å². The van der Waals surface area contributed by atoms with Gasteiger partial charge >= 0.3 is 0 Å². The van der Waals surface area contributed by atoms with Gasteiger partial charge in [-0.2, -0.15) is 0 Å². The lowest BCUT2D eigenvalue weighted by atomic mass is 9.87. The minimum atomic E-state index is 0.218. The molecule has 1 heterocycles. The molecule has 0 saturated heterocycles. The SMILES string of the molecule is C[CH]N(CC=O)C/C=C/[C@@H](C)N[C]1C[CH]N=C2C[C](Cl)CC=C12. The lowest BCUT2D eigenvalue weighted by Gasteiger charge is -2.30. The van der Waals surface area contributed by atoms with Crippen LogP contribution < -0.4 is 5.32 Å². The number of nitrogens with one attached hydrogen (secondary N) is 1. The van der Waals surface area contributed by atoms with Crippen LogP contribution in [0.5, 0.6) is 0 Å². The predicted molar refractivity (Wildman–Crippen MR) is 95.4 cm³/mol. The monoisotopic (exact) mass is 333 g/mol. The molecule has 0 aromatic rings. The fourth-order valence-corrected chi connectivity index (χ4v) is 2.89. The highest BCUT2D eigenvalue weighted by Gasteiger charge is 2.29. The third kappa shape index (κ3) is 5.55. The van der Waals surface area contributed by atoms with Gasteiger partial charge in [0.2, 0.25) is 0 Å². The molecule has 0 unspecified atom stereocenters. The molecule has 4 nitrogen and oxygen atoms in total. The molecule has 0 bridgehead atoms. The Hall–Kier alpha value is -0.970. The van der Waals surface area contributed by atoms with E-state index in [0.717, 1.165) is 43.2 Å². The second kappa shape index (κ2) is 9.36. The van der Waals surface area contributed by atoms with E-state index in [1.807, 2.05) is 24.9 Å². The summed E-state index contributed by atoms with van der Waals surface area (Å²) in [5.41, 5.74) is 2.27. The number of allylic oxidation sites excluding steroid dienone is 1. The third-order valence-corrected chi connectivity index (χ3v) is 4.19. The fourth-order valence-electron chi connectivity index (χ4n) is 2.69. The van der Waals surface area contributed by atoms with E-state index < -0.39 is 0 Å². The molecule has 1 atom stereocenters. The molecule has 5 heteroatoms. The van der Waals surface area contributed by atoms with Gasteiger partial charge < -0.3 is 4.79 Å². The lowest BCUT2D eigenvalue weighted by Crippen LogP contribution is -2.35. The summed E-state index contributed by atoms with van der Waals surface area (Å²) in [6.45, 7) is 9.10. The first-order valence-electron chi connectivity index (χ1n) is 7.99. The number of halogens is 1. The molecule has 1 aliphatic heterocycles. The molecule has 2 rings (SSSR count). The Kier molecular flexibility index (Phi) is 7.47. The first-order chi connectivity index (χ1) is 11.1. The number of aliphatic imine (C=N–C) groups is 1. The Balaban J connectivity index is 1.86. The quantitative estimate of drug-likeness (QED) is 0.548. The first-order valence-corrected chi connectivity index (χ1v) is 8.37. The van der Waals surface area contributed by atoms with Crippen molar-refractivity contribution in [3.63, 3.8) is 0 Å². The number of fused-ring (bicyclic) bond motifs is 1. The molecule has 4 radical (unpaired) electrons. The highest BCUT2D eigenvalue weighted by molar-refractivity contribution is 6.30. The number of carbonyl (C=O) groups excluding carboxylic acids is 1. The largest absolute Gasteiger partial charge is 0.302 e. The van der Waals surface area contributed by atoms with E-state index in [1.54, 1.807) is 0 Å². The number of hydrogen-bond acceptors (Lipinski definition) is 4. The van der Waals surface area contributed by atoms with Crippen molar-refractivity contribution >= 4 is 23.6 Å². The summed E-state index contributed by atoms with van der Waals surface area (Å²) in [6.07, 6.45) is 9.69. The second-order valence-corrected chi connectivity index (χ2v) is 6.23. The van der Waals surface area contributed by atoms with E-state index in [4.69, 9.17) is 11.6 Å². The van der Waals surface area contributed by atoms with Crippen molar-refractivity contribution < 1.29 is 4.79 Å². The fraction of sp³-hybridized carbons (Fsp3) is 0.444. The van der Waals surface area contributed by atoms with Gasteiger partial charge in [-0.15, -0.1) is 11.6 Å². The number of nitrogens with zero attached hydrogens (tertiary/aromatic N) is 2. The summed E-state index contributed by atoms with van der Waals surface area (Å²) in [5.74, 6) is 0. The summed E-state index contributed by atoms with van der Waals surface area (Å²) in [4.78, 5) is 17.0. The van der Waals surface area contributed by atoms with Crippen LogP contribution in [0.1, 0.15) is 33.1 Å². The molecular weight excluding hydrogens is 310 g/mol. The van der Waals surface area contributed by atoms with Gasteiger partial charge in [0.1, 0.15) is 6.29 Å². The Bertz CT molecular complexity index is 487. The zero-order valence-corrected chi connectivity index (χ0v) is 14.5. The maximum Gasteiger partial charge on any atom is 0.134 e. The molecular formula is C18H24ClN3O. The van der Waals surface area contributed by atoms with Crippen LogP contribution in [0.3, 0.4) is 0 Å². The number of rotatable bonds is 8. The molecule has 0 fully saturated rings. The van der Waals surface area contributed by atoms with Crippen LogP contribution in [-0.2, 0) is 4.79 Å². The summed E-state index contributed by atoms with van der Waals surface area (Å²) in [5, 5.41) is 4.50. The van der Waals surface area contributed by atoms with Crippen LogP contribution in [0.4, 0.5) is 0 Å². The summed E-state index contributed by atoms with van der Waals surface area (Å²) < 4.78 is 0. The van der Waals surface area contributed by atoms with Gasteiger partial charge in [-0.25, -0.2) is 0 Å². The second-order valence-electron chi connectivity index (χ2n) is 5.70. The smallest absolute Gasteiger partial charge is 0.134 e. The standard InChI is InChI=1S/C18H24ClN3O/c1-3-22(11-12-23)10-4-5-14(2)21-17-8-9-20-18-13-15(19)6-7-16(17)18/h3-5,7,9,12,14,21H,6,8,10-11,13H2,1-2H3/b5-4+/t14-/m1/s1. The highest BCUT2D eigenvalue weighted by atomic mass is 35.5. The molecule has 2 aliphatic rings. The molecule has 1 aliphatic carbocycles. The van der Waals surface area contributed by atoms with Crippen molar-refractivity contribution in [3.05, 3.63) is 48.3 Å². The number of carbonyl (C=O) groups is 1. The van der Waals surface area contributed by atoms with Crippen LogP contribution >= 0.6 is 11.6 Å². The van der Waals surface area contributed by atoms with Crippen LogP contribution in [-0.4, -0.2) is 36.0 Å². The Morgan fingerprint density at radius 1 is 1.43 bits per heavy atom. The molecule has 23 heavy (non-hydrogen) atoms. The molecule has 0 amide bonds. The van der Waals surface area contributed by atoms with Crippen molar-refractivity contribution in [2.45, 2.75) is 39.2 Å². The maximum absolute atomic E-state index is 10.6. The van der Waals surface area contributed by atoms with Crippen LogP contribution in [0.15, 0.2) is 28.8 Å². The topological polar surface area (TPSA) is 44.7 Å². The highest BCUT2D eigenvalue weighted by Crippen LogP contribution is 2.34. The Morgan fingerprint density at radius 3 is 3.00 bits per heavy atom. The first kappa shape index (κ1) is 18.4.